The summed E-state index contributed by atoms with van der Waals surface area (Å²) in [6.07, 6.45) is 6.10. The van der Waals surface area contributed by atoms with Crippen LogP contribution in [0.15, 0.2) is 48.7 Å². The standard InChI is InChI=1S/C38H50N8O8/c1-38(2,54)31-21-41-44-46(31)27-20-30(35(50)42-28(32(47)33(39)48)14-8-9-17-40-37(52)53)45(22-27)36(51)29(18-23-10-4-3-5-11-23)43-34(49)26-16-15-24-12-6-7-13-25(24)19-26/h6-7,12-13,15-16,19,21,23,27-30,40,54H,3-5,8-11,14,17-18,20,22H2,1-2H3,(H2,39,48)(H,42,50)(H,43,49)(H,52,53)/t27-,28?,29?,30-/m0/s1. The molecule has 16 nitrogen and oxygen atoms in total. The zero-order valence-electron chi connectivity index (χ0n) is 30.7. The molecule has 0 bridgehead atoms. The molecule has 16 heteroatoms. The quantitative estimate of drug-likeness (QED) is 0.0925. The number of hydrogen-bond acceptors (Lipinski definition) is 9. The van der Waals surface area contributed by atoms with Gasteiger partial charge in [0.25, 0.3) is 11.8 Å². The molecule has 2 aliphatic rings. The predicted molar refractivity (Wildman–Crippen MR) is 197 cm³/mol. The lowest BCUT2D eigenvalue weighted by Crippen LogP contribution is -2.56. The van der Waals surface area contributed by atoms with E-state index >= 15 is 0 Å². The molecular weight excluding hydrogens is 696 g/mol. The van der Waals surface area contributed by atoms with Crippen molar-refractivity contribution in [2.45, 2.75) is 108 Å². The number of unbranched alkanes of at least 4 members (excludes halogenated alkanes) is 1. The number of Topliss-reactive ketones (excluding diaryl/α,β-unsaturated/α-hetero) is 1. The molecule has 1 aliphatic heterocycles. The molecule has 2 aromatic carbocycles. The second-order valence-corrected chi connectivity index (χ2v) is 14.9. The summed E-state index contributed by atoms with van der Waals surface area (Å²) in [4.78, 5) is 79.9. The summed E-state index contributed by atoms with van der Waals surface area (Å²) in [6.45, 7) is 3.21. The van der Waals surface area contributed by atoms with Crippen molar-refractivity contribution in [2.24, 2.45) is 11.7 Å². The number of ketones is 1. The lowest BCUT2D eigenvalue weighted by Gasteiger charge is -2.32. The second kappa shape index (κ2) is 17.6. The number of carbonyl (C=O) groups excluding carboxylic acids is 5. The van der Waals surface area contributed by atoms with Crippen molar-refractivity contribution in [1.82, 2.24) is 35.8 Å². The predicted octanol–water partition coefficient (Wildman–Crippen LogP) is 2.55. The zero-order chi connectivity index (χ0) is 39.0. The van der Waals surface area contributed by atoms with E-state index in [4.69, 9.17) is 10.8 Å². The first-order valence-electron chi connectivity index (χ1n) is 18.6. The van der Waals surface area contributed by atoms with Gasteiger partial charge in [-0.15, -0.1) is 5.10 Å². The van der Waals surface area contributed by atoms with Crippen LogP contribution in [0.3, 0.4) is 0 Å². The number of amides is 5. The number of benzene rings is 2. The van der Waals surface area contributed by atoms with Gasteiger partial charge in [0.05, 0.1) is 24.0 Å². The van der Waals surface area contributed by atoms with E-state index in [-0.39, 0.29) is 38.3 Å². The van der Waals surface area contributed by atoms with E-state index in [0.717, 1.165) is 42.9 Å². The van der Waals surface area contributed by atoms with Gasteiger partial charge in [0.2, 0.25) is 17.6 Å². The second-order valence-electron chi connectivity index (χ2n) is 14.9. The highest BCUT2D eigenvalue weighted by atomic mass is 16.4. The Hall–Kier alpha value is -5.38. The number of primary amides is 1. The third-order valence-electron chi connectivity index (χ3n) is 10.4. The molecule has 1 saturated carbocycles. The largest absolute Gasteiger partial charge is 0.465 e. The maximum Gasteiger partial charge on any atom is 0.404 e. The lowest BCUT2D eigenvalue weighted by molar-refractivity contribution is -0.142. The van der Waals surface area contributed by atoms with Crippen LogP contribution in [0.25, 0.3) is 10.8 Å². The van der Waals surface area contributed by atoms with Crippen LogP contribution >= 0.6 is 0 Å². The summed E-state index contributed by atoms with van der Waals surface area (Å²) in [7, 11) is 0. The van der Waals surface area contributed by atoms with E-state index in [1.807, 2.05) is 30.3 Å². The summed E-state index contributed by atoms with van der Waals surface area (Å²) in [5.41, 5.74) is 4.72. The first-order valence-corrected chi connectivity index (χ1v) is 18.6. The van der Waals surface area contributed by atoms with Crippen LogP contribution in [0.1, 0.15) is 100 Å². The molecule has 1 aliphatic carbocycles. The molecule has 2 unspecified atom stereocenters. The molecule has 2 heterocycles. The summed E-state index contributed by atoms with van der Waals surface area (Å²) in [6, 6.07) is 8.87. The molecule has 1 saturated heterocycles. The summed E-state index contributed by atoms with van der Waals surface area (Å²) < 4.78 is 1.48. The topological polar surface area (TPSA) is 239 Å². The van der Waals surface area contributed by atoms with Crippen molar-refractivity contribution in [3.63, 3.8) is 0 Å². The number of carbonyl (C=O) groups is 6. The van der Waals surface area contributed by atoms with Gasteiger partial charge in [-0.3, -0.25) is 24.0 Å². The average Bonchev–Trinajstić information content (AvgIpc) is 3.82. The Morgan fingerprint density at radius 1 is 0.963 bits per heavy atom. The highest BCUT2D eigenvalue weighted by Crippen LogP contribution is 2.33. The highest BCUT2D eigenvalue weighted by molar-refractivity contribution is 6.37. The van der Waals surface area contributed by atoms with Crippen molar-refractivity contribution in [1.29, 1.82) is 0 Å². The first kappa shape index (κ1) is 39.8. The third kappa shape index (κ3) is 9.98. The molecule has 5 rings (SSSR count). The number of rotatable bonds is 16. The first-order chi connectivity index (χ1) is 25.7. The summed E-state index contributed by atoms with van der Waals surface area (Å²) >= 11 is 0. The molecule has 1 aromatic heterocycles. The van der Waals surface area contributed by atoms with Gasteiger partial charge in [-0.1, -0.05) is 67.6 Å². The van der Waals surface area contributed by atoms with Crippen molar-refractivity contribution < 1.29 is 39.0 Å². The molecule has 0 spiro atoms. The molecule has 0 radical (unpaired) electrons. The highest BCUT2D eigenvalue weighted by Gasteiger charge is 2.45. The van der Waals surface area contributed by atoms with Crippen LogP contribution in [-0.2, 0) is 24.8 Å². The van der Waals surface area contributed by atoms with Crippen LogP contribution in [-0.4, -0.2) is 96.8 Å². The molecule has 54 heavy (non-hydrogen) atoms. The Morgan fingerprint density at radius 2 is 1.69 bits per heavy atom. The fraction of sp³-hybridized carbons (Fsp3) is 0.526. The van der Waals surface area contributed by atoms with E-state index in [1.165, 1.54) is 15.8 Å². The van der Waals surface area contributed by atoms with Crippen LogP contribution in [0.4, 0.5) is 4.79 Å². The van der Waals surface area contributed by atoms with Crippen molar-refractivity contribution >= 4 is 46.3 Å². The fourth-order valence-corrected chi connectivity index (χ4v) is 7.56. The van der Waals surface area contributed by atoms with E-state index in [0.29, 0.717) is 24.1 Å². The minimum absolute atomic E-state index is 0.00302. The van der Waals surface area contributed by atoms with E-state index < -0.39 is 65.3 Å². The number of nitrogens with zero attached hydrogens (tertiary/aromatic N) is 4. The number of nitrogens with two attached hydrogens (primary N) is 1. The van der Waals surface area contributed by atoms with E-state index in [9.17, 15) is 33.9 Å². The molecule has 4 atom stereocenters. The van der Waals surface area contributed by atoms with Crippen LogP contribution in [0.2, 0.25) is 0 Å². The van der Waals surface area contributed by atoms with E-state index in [2.05, 4.69) is 26.3 Å². The van der Waals surface area contributed by atoms with Crippen molar-refractivity contribution in [3.05, 3.63) is 59.9 Å². The number of carboxylic acid groups (broad SMARTS) is 1. The van der Waals surface area contributed by atoms with Gasteiger partial charge in [-0.2, -0.15) is 0 Å². The van der Waals surface area contributed by atoms with Gasteiger partial charge < -0.3 is 36.8 Å². The Labute approximate surface area is 313 Å². The van der Waals surface area contributed by atoms with Crippen LogP contribution < -0.4 is 21.7 Å². The smallest absolute Gasteiger partial charge is 0.404 e. The molecule has 3 aromatic rings. The molecule has 290 valence electrons. The monoisotopic (exact) mass is 746 g/mol. The number of hydrogen-bond donors (Lipinski definition) is 6. The Kier molecular flexibility index (Phi) is 13.0. The number of likely N-dealkylation sites (tertiary alicyclic amines) is 1. The average molecular weight is 747 g/mol. The minimum Gasteiger partial charge on any atom is -0.465 e. The Morgan fingerprint density at radius 3 is 2.37 bits per heavy atom. The Balaban J connectivity index is 1.44. The van der Waals surface area contributed by atoms with Crippen molar-refractivity contribution in [2.75, 3.05) is 13.1 Å². The summed E-state index contributed by atoms with van der Waals surface area (Å²) in [5, 5.41) is 37.6. The maximum absolute atomic E-state index is 14.8. The molecule has 7 N–H and O–H groups in total. The molecular formula is C38H50N8O8. The number of nitrogens with one attached hydrogen (secondary N) is 3. The maximum atomic E-state index is 14.8. The zero-order valence-corrected chi connectivity index (χ0v) is 30.7. The molecule has 2 fully saturated rings. The SMILES string of the molecule is CC(C)(O)c1cnnn1[C@H]1C[C@@H](C(=O)NC(CCCCNC(=O)O)C(=O)C(N)=O)N(C(=O)C(CC2CCCCC2)NC(=O)c2ccc3ccccc3c2)C1. The minimum atomic E-state index is -1.36. The summed E-state index contributed by atoms with van der Waals surface area (Å²) in [5.74, 6) is -3.74. The van der Waals surface area contributed by atoms with Crippen LogP contribution in [0, 0.1) is 5.92 Å². The Bertz CT molecular complexity index is 1850. The van der Waals surface area contributed by atoms with Gasteiger partial charge >= 0.3 is 6.09 Å². The van der Waals surface area contributed by atoms with Gasteiger partial charge in [0, 0.05) is 25.1 Å². The van der Waals surface area contributed by atoms with Gasteiger partial charge in [0.15, 0.2) is 0 Å². The number of aliphatic hydroxyl groups is 1. The van der Waals surface area contributed by atoms with E-state index in [1.54, 1.807) is 26.0 Å². The van der Waals surface area contributed by atoms with Gasteiger partial charge in [-0.05, 0) is 68.4 Å². The molecule has 5 amide bonds. The normalized spacial score (nSPS) is 18.8. The van der Waals surface area contributed by atoms with Gasteiger partial charge in [0.1, 0.15) is 17.7 Å². The van der Waals surface area contributed by atoms with Gasteiger partial charge in [-0.25, -0.2) is 9.48 Å². The number of fused-ring (bicyclic) bond motifs is 1. The fourth-order valence-electron chi connectivity index (χ4n) is 7.56. The lowest BCUT2D eigenvalue weighted by atomic mass is 9.84. The van der Waals surface area contributed by atoms with Crippen LogP contribution in [0.5, 0.6) is 0 Å². The van der Waals surface area contributed by atoms with Crippen molar-refractivity contribution in [3.8, 4) is 0 Å². The third-order valence-corrected chi connectivity index (χ3v) is 10.4. The number of aromatic nitrogens is 3.